The predicted octanol–water partition coefficient (Wildman–Crippen LogP) is -3.55. The van der Waals surface area contributed by atoms with Gasteiger partial charge in [0.25, 0.3) is 0 Å². The fourth-order valence-electron chi connectivity index (χ4n) is 1.91. The molecule has 0 amide bonds. The Morgan fingerprint density at radius 1 is 0.591 bits per heavy atom. The van der Waals surface area contributed by atoms with Crippen LogP contribution in [0.1, 0.15) is 25.7 Å². The van der Waals surface area contributed by atoms with Gasteiger partial charge in [-0.15, -0.1) is 0 Å². The Morgan fingerprint density at radius 3 is 0.818 bits per heavy atom. The second-order valence-corrected chi connectivity index (χ2v) is 4.59. The average molecular weight is 376 g/mol. The number of nitrogens with two attached hydrogens (primary N) is 2. The van der Waals surface area contributed by atoms with Crippen LogP contribution in [0, 0.1) is 0 Å². The van der Waals surface area contributed by atoms with Crippen molar-refractivity contribution in [2.45, 2.75) is 36.8 Å². The second kappa shape index (κ2) is 11.0. The summed E-state index contributed by atoms with van der Waals surface area (Å²) in [5, 5.41) is 35.1. The number of aliphatic carboxylic acids is 4. The van der Waals surface area contributed by atoms with Gasteiger partial charge in [-0.2, -0.15) is 0 Å². The van der Waals surface area contributed by atoms with Crippen molar-refractivity contribution in [3.05, 3.63) is 0 Å². The molecule has 0 heterocycles. The molecule has 122 valence electrons. The maximum atomic E-state index is 10.8. The third kappa shape index (κ3) is 8.82. The van der Waals surface area contributed by atoms with Crippen LogP contribution < -0.4 is 11.5 Å². The van der Waals surface area contributed by atoms with Gasteiger partial charge in [-0.05, 0) is 0 Å². The Labute approximate surface area is 185 Å². The zero-order chi connectivity index (χ0) is 16.1. The Balaban J connectivity index is -0.00000180. The molecular formula is C10H20Ca2N2O8. The molecule has 0 bridgehead atoms. The van der Waals surface area contributed by atoms with Crippen molar-refractivity contribution in [2.75, 3.05) is 0 Å². The molecule has 0 aromatic carbocycles. The van der Waals surface area contributed by atoms with Crippen LogP contribution >= 0.6 is 0 Å². The first-order valence-corrected chi connectivity index (χ1v) is 5.37. The van der Waals surface area contributed by atoms with E-state index in [2.05, 4.69) is 0 Å². The van der Waals surface area contributed by atoms with Gasteiger partial charge in [-0.3, -0.25) is 19.2 Å². The minimum atomic E-state index is -2.22. The molecule has 0 saturated carbocycles. The van der Waals surface area contributed by atoms with Crippen LogP contribution in [0.2, 0.25) is 0 Å². The molecule has 0 aliphatic carbocycles. The molecule has 10 nitrogen and oxygen atoms in total. The van der Waals surface area contributed by atoms with Crippen LogP contribution in [0.5, 0.6) is 0 Å². The minimum absolute atomic E-state index is 0. The van der Waals surface area contributed by atoms with E-state index in [0.29, 0.717) is 0 Å². The van der Waals surface area contributed by atoms with Gasteiger partial charge in [-0.1, -0.05) is 0 Å². The van der Waals surface area contributed by atoms with Crippen LogP contribution in [0.25, 0.3) is 0 Å². The van der Waals surface area contributed by atoms with Gasteiger partial charge in [0.2, 0.25) is 0 Å². The molecule has 0 atom stereocenters. The summed E-state index contributed by atoms with van der Waals surface area (Å²) < 4.78 is 0. The van der Waals surface area contributed by atoms with Gasteiger partial charge in [0.15, 0.2) is 0 Å². The van der Waals surface area contributed by atoms with Crippen LogP contribution in [0.3, 0.4) is 0 Å². The third-order valence-corrected chi connectivity index (χ3v) is 2.86. The average Bonchev–Trinajstić information content (AvgIpc) is 2.10. The first-order valence-electron chi connectivity index (χ1n) is 5.37. The summed E-state index contributed by atoms with van der Waals surface area (Å²) in [6, 6.07) is 0. The van der Waals surface area contributed by atoms with Crippen molar-refractivity contribution in [3.8, 4) is 0 Å². The van der Waals surface area contributed by atoms with E-state index in [1.54, 1.807) is 0 Å². The van der Waals surface area contributed by atoms with Crippen LogP contribution in [0.15, 0.2) is 0 Å². The van der Waals surface area contributed by atoms with Crippen molar-refractivity contribution >= 4 is 99.4 Å². The molecule has 0 aromatic heterocycles. The Morgan fingerprint density at radius 2 is 0.727 bits per heavy atom. The van der Waals surface area contributed by atoms with E-state index in [1.165, 1.54) is 0 Å². The summed E-state index contributed by atoms with van der Waals surface area (Å²) in [4.78, 5) is 43.2. The normalized spacial score (nSPS) is 10.8. The Kier molecular flexibility index (Phi) is 13.6. The van der Waals surface area contributed by atoms with Crippen LogP contribution in [0.4, 0.5) is 0 Å². The Hall–Kier alpha value is 0.319. The van der Waals surface area contributed by atoms with E-state index in [-0.39, 0.29) is 75.5 Å². The van der Waals surface area contributed by atoms with E-state index in [1.807, 2.05) is 0 Å². The SMILES string of the molecule is NC(CC(=O)O)(CC(=O)O)C(N)(CC(=O)O)CC(=O)O.[CaH2].[CaH2]. The quantitative estimate of drug-likeness (QED) is 0.219. The van der Waals surface area contributed by atoms with Crippen LogP contribution in [-0.2, 0) is 19.2 Å². The summed E-state index contributed by atoms with van der Waals surface area (Å²) in [7, 11) is 0. The van der Waals surface area contributed by atoms with Gasteiger partial charge in [-0.25, -0.2) is 0 Å². The summed E-state index contributed by atoms with van der Waals surface area (Å²) >= 11 is 0. The van der Waals surface area contributed by atoms with Crippen molar-refractivity contribution in [3.63, 3.8) is 0 Å². The molecule has 0 radical (unpaired) electrons. The molecule has 12 heteroatoms. The van der Waals surface area contributed by atoms with Gasteiger partial charge >= 0.3 is 99.4 Å². The number of carboxylic acids is 4. The number of rotatable bonds is 9. The first-order chi connectivity index (χ1) is 8.92. The zero-order valence-electron chi connectivity index (χ0n) is 10.4. The van der Waals surface area contributed by atoms with E-state index < -0.39 is 60.6 Å². The molecule has 0 fully saturated rings. The van der Waals surface area contributed by atoms with Crippen LogP contribution in [-0.4, -0.2) is 131 Å². The molecule has 0 rings (SSSR count). The van der Waals surface area contributed by atoms with Crippen molar-refractivity contribution < 1.29 is 39.6 Å². The predicted molar refractivity (Wildman–Crippen MR) is 79.9 cm³/mol. The van der Waals surface area contributed by atoms with E-state index >= 15 is 0 Å². The summed E-state index contributed by atoms with van der Waals surface area (Å²) in [6.07, 6.45) is -3.90. The molecule has 0 saturated heterocycles. The molecule has 0 aliphatic heterocycles. The second-order valence-electron chi connectivity index (χ2n) is 4.59. The maximum absolute atomic E-state index is 10.8. The number of hydrogen-bond donors (Lipinski definition) is 6. The molecule has 0 spiro atoms. The molecule has 0 aliphatic rings. The van der Waals surface area contributed by atoms with E-state index in [9.17, 15) is 19.2 Å². The van der Waals surface area contributed by atoms with Gasteiger partial charge in [0, 0.05) is 0 Å². The fourth-order valence-corrected chi connectivity index (χ4v) is 1.91. The summed E-state index contributed by atoms with van der Waals surface area (Å²) in [5.74, 6) is -6.06. The third-order valence-electron chi connectivity index (χ3n) is 2.86. The number of carboxylic acid groups (broad SMARTS) is 4. The number of carbonyl (C=O) groups is 4. The molecule has 0 aromatic rings. The summed E-state index contributed by atoms with van der Waals surface area (Å²) in [6.45, 7) is 0. The zero-order valence-corrected chi connectivity index (χ0v) is 10.4. The van der Waals surface area contributed by atoms with Crippen molar-refractivity contribution in [1.29, 1.82) is 0 Å². The van der Waals surface area contributed by atoms with Gasteiger partial charge in [0.1, 0.15) is 0 Å². The monoisotopic (exact) mass is 376 g/mol. The molecule has 8 N–H and O–H groups in total. The van der Waals surface area contributed by atoms with Gasteiger partial charge in [0.05, 0.1) is 36.8 Å². The standard InChI is InChI=1S/C10H16N2O8.2Ca.4H/c11-9(1-5(13)14,2-6(15)16)10(12,3-7(17)18)4-8(19)20;;;;;;/h1-4,11-12H2,(H,13,14)(H,15,16)(H,17,18)(H,19,20);;;;;;. The molecule has 22 heavy (non-hydrogen) atoms. The fraction of sp³-hybridized carbons (Fsp3) is 0.600. The first kappa shape index (κ1) is 27.2. The molecule has 0 unspecified atom stereocenters. The van der Waals surface area contributed by atoms with Crippen molar-refractivity contribution in [2.24, 2.45) is 11.5 Å². The molecular weight excluding hydrogens is 356 g/mol. The van der Waals surface area contributed by atoms with E-state index in [0.717, 1.165) is 0 Å². The van der Waals surface area contributed by atoms with Crippen molar-refractivity contribution in [1.82, 2.24) is 0 Å². The number of hydrogen-bond acceptors (Lipinski definition) is 6. The van der Waals surface area contributed by atoms with E-state index in [4.69, 9.17) is 31.9 Å². The topological polar surface area (TPSA) is 201 Å². The van der Waals surface area contributed by atoms with Gasteiger partial charge < -0.3 is 31.9 Å². The Bertz CT molecular complexity index is 371. The summed E-state index contributed by atoms with van der Waals surface area (Å²) in [5.41, 5.74) is 6.88.